The maximum Gasteiger partial charge on any atom is 0.254 e. The van der Waals surface area contributed by atoms with E-state index < -0.39 is 0 Å². The zero-order valence-corrected chi connectivity index (χ0v) is 17.2. The molecule has 1 N–H and O–H groups in total. The van der Waals surface area contributed by atoms with Crippen molar-refractivity contribution in [1.29, 1.82) is 0 Å². The summed E-state index contributed by atoms with van der Waals surface area (Å²) < 4.78 is 5.44. The highest BCUT2D eigenvalue weighted by Gasteiger charge is 2.29. The number of methoxy groups -OCH3 is 1. The monoisotopic (exact) mass is 408 g/mol. The molecule has 1 atom stereocenters. The van der Waals surface area contributed by atoms with Crippen LogP contribution in [0.1, 0.15) is 28.1 Å². The molecule has 0 bridgehead atoms. The van der Waals surface area contributed by atoms with Gasteiger partial charge in [0.15, 0.2) is 0 Å². The van der Waals surface area contributed by atoms with Gasteiger partial charge in [0.05, 0.1) is 19.6 Å². The number of hydrogen-bond donors (Lipinski definition) is 1. The summed E-state index contributed by atoms with van der Waals surface area (Å²) in [6.07, 6.45) is 1.64. The van der Waals surface area contributed by atoms with E-state index in [-0.39, 0.29) is 17.7 Å². The lowest BCUT2D eigenvalue weighted by Crippen LogP contribution is -2.45. The summed E-state index contributed by atoms with van der Waals surface area (Å²) in [6, 6.07) is 15.4. The third-order valence-electron chi connectivity index (χ3n) is 5.43. The van der Waals surface area contributed by atoms with Crippen molar-refractivity contribution >= 4 is 33.9 Å². The van der Waals surface area contributed by atoms with Crippen molar-refractivity contribution in [3.05, 3.63) is 64.4 Å². The Labute approximate surface area is 174 Å². The van der Waals surface area contributed by atoms with Crippen molar-refractivity contribution < 1.29 is 14.3 Å². The van der Waals surface area contributed by atoms with Crippen LogP contribution in [-0.2, 0) is 11.3 Å². The van der Waals surface area contributed by atoms with E-state index in [4.69, 9.17) is 4.74 Å². The highest BCUT2D eigenvalue weighted by atomic mass is 32.1. The molecule has 1 fully saturated rings. The maximum absolute atomic E-state index is 13.3. The zero-order valence-electron chi connectivity index (χ0n) is 16.4. The number of nitrogens with one attached hydrogen (secondary N) is 1. The molecule has 1 saturated heterocycles. The Kier molecular flexibility index (Phi) is 5.81. The molecule has 4 rings (SSSR count). The van der Waals surface area contributed by atoms with Gasteiger partial charge in [-0.1, -0.05) is 30.3 Å². The number of carbonyl (C=O) groups excluding carboxylic acids is 2. The molecular formula is C23H24N2O3S. The number of hydrogen-bond acceptors (Lipinski definition) is 4. The van der Waals surface area contributed by atoms with Crippen LogP contribution >= 0.6 is 11.3 Å². The Balaban J connectivity index is 1.49. The molecule has 1 aliphatic heterocycles. The molecule has 29 heavy (non-hydrogen) atoms. The molecule has 0 saturated carbocycles. The molecule has 1 aromatic heterocycles. The predicted octanol–water partition coefficient (Wildman–Crippen LogP) is 4.08. The lowest BCUT2D eigenvalue weighted by atomic mass is 9.95. The Morgan fingerprint density at radius 2 is 1.97 bits per heavy atom. The molecule has 2 aromatic carbocycles. The number of ether oxygens (including phenoxy) is 1. The minimum Gasteiger partial charge on any atom is -0.496 e. The molecule has 150 valence electrons. The number of likely N-dealkylation sites (tertiary alicyclic amines) is 1. The Morgan fingerprint density at radius 3 is 2.72 bits per heavy atom. The van der Waals surface area contributed by atoms with Crippen LogP contribution < -0.4 is 10.1 Å². The van der Waals surface area contributed by atoms with Crippen molar-refractivity contribution in [3.63, 3.8) is 0 Å². The van der Waals surface area contributed by atoms with Crippen molar-refractivity contribution in [2.75, 3.05) is 20.2 Å². The first-order valence-electron chi connectivity index (χ1n) is 9.82. The summed E-state index contributed by atoms with van der Waals surface area (Å²) in [6.45, 7) is 1.67. The third-order valence-corrected chi connectivity index (χ3v) is 6.31. The second kappa shape index (κ2) is 8.66. The molecule has 0 aliphatic carbocycles. The van der Waals surface area contributed by atoms with E-state index >= 15 is 0 Å². The van der Waals surface area contributed by atoms with E-state index in [1.807, 2.05) is 58.8 Å². The second-order valence-electron chi connectivity index (χ2n) is 7.25. The van der Waals surface area contributed by atoms with Crippen molar-refractivity contribution in [3.8, 4) is 5.75 Å². The largest absolute Gasteiger partial charge is 0.496 e. The molecule has 3 aromatic rings. The van der Waals surface area contributed by atoms with Gasteiger partial charge in [0.2, 0.25) is 5.91 Å². The highest BCUT2D eigenvalue weighted by Crippen LogP contribution is 2.30. The first-order valence-corrected chi connectivity index (χ1v) is 10.7. The van der Waals surface area contributed by atoms with Crippen LogP contribution in [0.15, 0.2) is 53.9 Å². The second-order valence-corrected chi connectivity index (χ2v) is 8.28. The summed E-state index contributed by atoms with van der Waals surface area (Å²) in [4.78, 5) is 28.9. The first-order chi connectivity index (χ1) is 14.2. The Morgan fingerprint density at radius 1 is 1.14 bits per heavy atom. The van der Waals surface area contributed by atoms with Crippen molar-refractivity contribution in [2.24, 2.45) is 5.92 Å². The van der Waals surface area contributed by atoms with Gasteiger partial charge in [-0.3, -0.25) is 9.59 Å². The minimum absolute atomic E-state index is 0.0236. The average molecular weight is 409 g/mol. The lowest BCUT2D eigenvalue weighted by molar-refractivity contribution is -0.126. The molecule has 2 amide bonds. The summed E-state index contributed by atoms with van der Waals surface area (Å²) >= 11 is 1.63. The van der Waals surface area contributed by atoms with E-state index in [0.29, 0.717) is 25.2 Å². The van der Waals surface area contributed by atoms with Gasteiger partial charge in [-0.05, 0) is 41.8 Å². The van der Waals surface area contributed by atoms with Crippen LogP contribution in [0.4, 0.5) is 0 Å². The highest BCUT2D eigenvalue weighted by molar-refractivity contribution is 7.09. The molecular weight excluding hydrogens is 384 g/mol. The van der Waals surface area contributed by atoms with Crippen LogP contribution in [-0.4, -0.2) is 36.9 Å². The molecule has 0 radical (unpaired) electrons. The summed E-state index contributed by atoms with van der Waals surface area (Å²) in [5, 5.41) is 6.81. The van der Waals surface area contributed by atoms with E-state index in [1.165, 1.54) is 0 Å². The smallest absolute Gasteiger partial charge is 0.254 e. The van der Waals surface area contributed by atoms with Crippen LogP contribution in [0, 0.1) is 5.92 Å². The number of piperidine rings is 1. The topological polar surface area (TPSA) is 58.6 Å². The molecule has 5 nitrogen and oxygen atoms in total. The SMILES string of the molecule is COc1ccc(C(=O)N2CCCC(C(=O)NCc3cccs3)C2)c2ccccc12. The first kappa shape index (κ1) is 19.5. The summed E-state index contributed by atoms with van der Waals surface area (Å²) in [5.74, 6) is 0.578. The lowest BCUT2D eigenvalue weighted by Gasteiger charge is -2.32. The number of amides is 2. The molecule has 6 heteroatoms. The van der Waals surface area contributed by atoms with Crippen molar-refractivity contribution in [1.82, 2.24) is 10.2 Å². The summed E-state index contributed by atoms with van der Waals surface area (Å²) in [5.41, 5.74) is 0.654. The van der Waals surface area contributed by atoms with Gasteiger partial charge >= 0.3 is 0 Å². The zero-order chi connectivity index (χ0) is 20.2. The van der Waals surface area contributed by atoms with E-state index in [1.54, 1.807) is 18.4 Å². The van der Waals surface area contributed by atoms with E-state index in [9.17, 15) is 9.59 Å². The van der Waals surface area contributed by atoms with Gasteiger partial charge in [0.25, 0.3) is 5.91 Å². The van der Waals surface area contributed by atoms with Crippen LogP contribution in [0.2, 0.25) is 0 Å². The van der Waals surface area contributed by atoms with Crippen LogP contribution in [0.5, 0.6) is 5.75 Å². The Hall–Kier alpha value is -2.86. The van der Waals surface area contributed by atoms with Crippen LogP contribution in [0.25, 0.3) is 10.8 Å². The molecule has 1 aliphatic rings. The van der Waals surface area contributed by atoms with Gasteiger partial charge in [-0.15, -0.1) is 11.3 Å². The fraction of sp³-hybridized carbons (Fsp3) is 0.304. The predicted molar refractivity (Wildman–Crippen MR) is 115 cm³/mol. The quantitative estimate of drug-likeness (QED) is 0.692. The van der Waals surface area contributed by atoms with Gasteiger partial charge in [0, 0.05) is 28.9 Å². The maximum atomic E-state index is 13.3. The number of rotatable bonds is 5. The fourth-order valence-electron chi connectivity index (χ4n) is 3.91. The fourth-order valence-corrected chi connectivity index (χ4v) is 4.56. The molecule has 0 spiro atoms. The average Bonchev–Trinajstić information content (AvgIpc) is 3.30. The Bertz CT molecular complexity index is 1020. The number of nitrogens with zero attached hydrogens (tertiary/aromatic N) is 1. The number of carbonyl (C=O) groups is 2. The van der Waals surface area contributed by atoms with Gasteiger partial charge in [-0.2, -0.15) is 0 Å². The number of thiophene rings is 1. The van der Waals surface area contributed by atoms with Gasteiger partial charge < -0.3 is 15.0 Å². The van der Waals surface area contributed by atoms with Crippen molar-refractivity contribution in [2.45, 2.75) is 19.4 Å². The number of benzene rings is 2. The van der Waals surface area contributed by atoms with Crippen LogP contribution in [0.3, 0.4) is 0 Å². The van der Waals surface area contributed by atoms with Gasteiger partial charge in [-0.25, -0.2) is 0 Å². The molecule has 1 unspecified atom stereocenters. The van der Waals surface area contributed by atoms with E-state index in [0.717, 1.165) is 34.2 Å². The third kappa shape index (κ3) is 4.12. The summed E-state index contributed by atoms with van der Waals surface area (Å²) in [7, 11) is 1.63. The minimum atomic E-state index is -0.169. The molecule has 2 heterocycles. The standard InChI is InChI=1S/C23H24N2O3S/c1-28-21-11-10-20(18-8-2-3-9-19(18)21)23(27)25-12-4-6-16(15-25)22(26)24-14-17-7-5-13-29-17/h2-3,5,7-11,13,16H,4,6,12,14-15H2,1H3,(H,24,26). The van der Waals surface area contributed by atoms with E-state index in [2.05, 4.69) is 5.32 Å². The number of fused-ring (bicyclic) bond motifs is 1. The van der Waals surface area contributed by atoms with Gasteiger partial charge in [0.1, 0.15) is 5.75 Å². The normalized spacial score (nSPS) is 16.6.